The molecule has 1 fully saturated rings. The van der Waals surface area contributed by atoms with E-state index in [9.17, 15) is 36.0 Å². The first kappa shape index (κ1) is 34.0. The standard InChI is InChI=1S/C32H30F4N4O5S2/c33-24-17-25-26(16-23(24)20-7-9-21(10-8-20)38-27(41)13-6-19-4-2-1-3-5-19)46-31(40-25)29(47(44,45)15-14-32(34,35)36)30(43)37-18-28(42)39-22-11-12-22/h1-5,7-10,16-17,22,29H,6,11-15,18H2,(H,37,43)(H,38,41)(H,39,42). The van der Waals surface area contributed by atoms with E-state index >= 15 is 4.39 Å². The van der Waals surface area contributed by atoms with Crippen molar-refractivity contribution in [1.82, 2.24) is 15.6 Å². The second kappa shape index (κ2) is 14.2. The van der Waals surface area contributed by atoms with Gasteiger partial charge >= 0.3 is 6.18 Å². The van der Waals surface area contributed by atoms with Gasteiger partial charge in [0.2, 0.25) is 17.7 Å². The predicted molar refractivity (Wildman–Crippen MR) is 170 cm³/mol. The number of carbonyl (C=O) groups excluding carboxylic acids is 3. The van der Waals surface area contributed by atoms with Crippen LogP contribution in [0.15, 0.2) is 66.7 Å². The van der Waals surface area contributed by atoms with Crippen LogP contribution < -0.4 is 16.0 Å². The number of hydrogen-bond donors (Lipinski definition) is 3. The third kappa shape index (κ3) is 9.35. The number of thiazole rings is 1. The van der Waals surface area contributed by atoms with E-state index in [1.807, 2.05) is 30.3 Å². The third-order valence-corrected chi connectivity index (χ3v) is 10.5. The van der Waals surface area contributed by atoms with Crippen LogP contribution in [0, 0.1) is 5.82 Å². The molecule has 4 aromatic rings. The van der Waals surface area contributed by atoms with Crippen molar-refractivity contribution in [2.75, 3.05) is 17.6 Å². The van der Waals surface area contributed by atoms with Crippen LogP contribution in [0.3, 0.4) is 0 Å². The molecule has 1 unspecified atom stereocenters. The molecule has 0 bridgehead atoms. The van der Waals surface area contributed by atoms with Crippen LogP contribution in [0.1, 0.15) is 41.5 Å². The normalized spacial score (nSPS) is 14.0. The zero-order valence-electron chi connectivity index (χ0n) is 24.8. The highest BCUT2D eigenvalue weighted by molar-refractivity contribution is 7.92. The number of benzene rings is 3. The van der Waals surface area contributed by atoms with E-state index in [2.05, 4.69) is 20.9 Å². The molecule has 0 spiro atoms. The van der Waals surface area contributed by atoms with Gasteiger partial charge in [-0.25, -0.2) is 17.8 Å². The number of alkyl halides is 3. The van der Waals surface area contributed by atoms with E-state index in [1.54, 1.807) is 24.3 Å². The van der Waals surface area contributed by atoms with Crippen molar-refractivity contribution in [3.05, 3.63) is 83.1 Å². The second-order valence-corrected chi connectivity index (χ2v) is 14.4. The molecule has 248 valence electrons. The first-order chi connectivity index (χ1) is 22.3. The minimum Gasteiger partial charge on any atom is -0.352 e. The number of fused-ring (bicyclic) bond motifs is 1. The second-order valence-electron chi connectivity index (χ2n) is 11.1. The molecule has 5 rings (SSSR count). The van der Waals surface area contributed by atoms with Crippen molar-refractivity contribution in [1.29, 1.82) is 0 Å². The lowest BCUT2D eigenvalue weighted by Gasteiger charge is -2.16. The SMILES string of the molecule is O=C(CCc1ccccc1)Nc1ccc(-c2cc3sc(C(C(=O)NCC(=O)NC4CC4)S(=O)(=O)CCC(F)(F)F)nc3cc2F)cc1. The molecule has 0 saturated heterocycles. The van der Waals surface area contributed by atoms with Gasteiger partial charge in [0.25, 0.3) is 0 Å². The fraction of sp³-hybridized carbons (Fsp3) is 0.312. The van der Waals surface area contributed by atoms with Gasteiger partial charge in [-0.2, -0.15) is 13.2 Å². The molecular formula is C32H30F4N4O5S2. The van der Waals surface area contributed by atoms with Crippen molar-refractivity contribution in [2.45, 2.75) is 49.6 Å². The molecule has 1 saturated carbocycles. The fourth-order valence-electron chi connectivity index (χ4n) is 4.73. The van der Waals surface area contributed by atoms with Gasteiger partial charge < -0.3 is 16.0 Å². The molecule has 1 aliphatic rings. The molecule has 3 aromatic carbocycles. The molecule has 1 heterocycles. The highest BCUT2D eigenvalue weighted by Gasteiger charge is 2.40. The van der Waals surface area contributed by atoms with Crippen LogP contribution in [0.2, 0.25) is 0 Å². The number of halogens is 4. The Morgan fingerprint density at radius 3 is 2.34 bits per heavy atom. The van der Waals surface area contributed by atoms with E-state index in [-0.39, 0.29) is 39.2 Å². The summed E-state index contributed by atoms with van der Waals surface area (Å²) in [6.07, 6.45) is -4.11. The van der Waals surface area contributed by atoms with Crippen molar-refractivity contribution in [3.63, 3.8) is 0 Å². The summed E-state index contributed by atoms with van der Waals surface area (Å²) >= 11 is 0.725. The molecule has 47 heavy (non-hydrogen) atoms. The van der Waals surface area contributed by atoms with Crippen molar-refractivity contribution >= 4 is 54.8 Å². The van der Waals surface area contributed by atoms with Gasteiger partial charge in [-0.3, -0.25) is 14.4 Å². The Balaban J connectivity index is 1.34. The van der Waals surface area contributed by atoms with Crippen LogP contribution in [-0.2, 0) is 30.6 Å². The Labute approximate surface area is 271 Å². The number of amides is 3. The van der Waals surface area contributed by atoms with E-state index in [0.29, 0.717) is 17.7 Å². The van der Waals surface area contributed by atoms with Gasteiger partial charge in [0, 0.05) is 29.8 Å². The minimum absolute atomic E-state index is 0.00356. The van der Waals surface area contributed by atoms with Gasteiger partial charge in [0.05, 0.1) is 28.9 Å². The molecule has 15 heteroatoms. The maximum atomic E-state index is 15.3. The Bertz CT molecular complexity index is 1880. The Kier molecular flexibility index (Phi) is 10.2. The van der Waals surface area contributed by atoms with Gasteiger partial charge in [0.15, 0.2) is 15.1 Å². The molecule has 9 nitrogen and oxygen atoms in total. The summed E-state index contributed by atoms with van der Waals surface area (Å²) < 4.78 is 80.6. The summed E-state index contributed by atoms with van der Waals surface area (Å²) in [7, 11) is -4.77. The number of carbonyl (C=O) groups is 3. The number of nitrogens with one attached hydrogen (secondary N) is 3. The fourth-order valence-corrected chi connectivity index (χ4v) is 7.80. The van der Waals surface area contributed by atoms with Crippen LogP contribution in [0.25, 0.3) is 21.3 Å². The number of anilines is 1. The quantitative estimate of drug-likeness (QED) is 0.159. The molecule has 0 radical (unpaired) electrons. The summed E-state index contributed by atoms with van der Waals surface area (Å²) in [4.78, 5) is 41.7. The maximum Gasteiger partial charge on any atom is 0.390 e. The first-order valence-corrected chi connectivity index (χ1v) is 17.2. The van der Waals surface area contributed by atoms with Gasteiger partial charge in [0.1, 0.15) is 10.8 Å². The van der Waals surface area contributed by atoms with E-state index in [4.69, 9.17) is 0 Å². The molecular weight excluding hydrogens is 661 g/mol. The maximum absolute atomic E-state index is 15.3. The van der Waals surface area contributed by atoms with Crippen LogP contribution >= 0.6 is 11.3 Å². The van der Waals surface area contributed by atoms with E-state index in [0.717, 1.165) is 35.8 Å². The Hall–Kier alpha value is -4.37. The van der Waals surface area contributed by atoms with E-state index in [1.165, 1.54) is 6.07 Å². The number of rotatable bonds is 13. The topological polar surface area (TPSA) is 134 Å². The lowest BCUT2D eigenvalue weighted by molar-refractivity contribution is -0.130. The lowest BCUT2D eigenvalue weighted by atomic mass is 10.0. The number of hydrogen-bond acceptors (Lipinski definition) is 7. The average Bonchev–Trinajstić information content (AvgIpc) is 3.75. The molecule has 1 atom stereocenters. The molecule has 3 amide bonds. The Morgan fingerprint density at radius 1 is 0.979 bits per heavy atom. The highest BCUT2D eigenvalue weighted by atomic mass is 32.2. The third-order valence-electron chi connectivity index (χ3n) is 7.31. The summed E-state index contributed by atoms with van der Waals surface area (Å²) in [6, 6.07) is 18.3. The van der Waals surface area contributed by atoms with Gasteiger partial charge in [-0.1, -0.05) is 42.5 Å². The highest BCUT2D eigenvalue weighted by Crippen LogP contribution is 2.36. The summed E-state index contributed by atoms with van der Waals surface area (Å²) in [5, 5.41) is 5.11. The monoisotopic (exact) mass is 690 g/mol. The summed E-state index contributed by atoms with van der Waals surface area (Å²) in [5.41, 5.74) is 2.07. The smallest absolute Gasteiger partial charge is 0.352 e. The number of aromatic nitrogens is 1. The zero-order valence-corrected chi connectivity index (χ0v) is 26.4. The average molecular weight is 691 g/mol. The summed E-state index contributed by atoms with van der Waals surface area (Å²) in [5.74, 6) is -4.07. The number of nitrogens with zero attached hydrogens (tertiary/aromatic N) is 1. The molecule has 3 N–H and O–H groups in total. The van der Waals surface area contributed by atoms with Gasteiger partial charge in [-0.05, 0) is 48.6 Å². The predicted octanol–water partition coefficient (Wildman–Crippen LogP) is 5.48. The molecule has 1 aliphatic carbocycles. The number of sulfone groups is 1. The minimum atomic E-state index is -4.80. The van der Waals surface area contributed by atoms with Crippen molar-refractivity contribution < 1.29 is 40.4 Å². The largest absolute Gasteiger partial charge is 0.390 e. The number of aryl methyl sites for hydroxylation is 1. The molecule has 1 aromatic heterocycles. The summed E-state index contributed by atoms with van der Waals surface area (Å²) in [6.45, 7) is -0.576. The Morgan fingerprint density at radius 2 is 1.68 bits per heavy atom. The van der Waals surface area contributed by atoms with Crippen LogP contribution in [0.4, 0.5) is 23.2 Å². The van der Waals surface area contributed by atoms with Crippen molar-refractivity contribution in [3.8, 4) is 11.1 Å². The first-order valence-electron chi connectivity index (χ1n) is 14.7. The van der Waals surface area contributed by atoms with Gasteiger partial charge in [-0.15, -0.1) is 11.3 Å². The molecule has 0 aliphatic heterocycles. The lowest BCUT2D eigenvalue weighted by Crippen LogP contribution is -2.41. The van der Waals surface area contributed by atoms with Crippen LogP contribution in [0.5, 0.6) is 0 Å². The van der Waals surface area contributed by atoms with E-state index < -0.39 is 57.6 Å². The van der Waals surface area contributed by atoms with Crippen LogP contribution in [-0.4, -0.2) is 55.6 Å². The van der Waals surface area contributed by atoms with Crippen molar-refractivity contribution in [2.24, 2.45) is 0 Å². The zero-order chi connectivity index (χ0) is 33.8.